The molecule has 2 unspecified atom stereocenters. The molecule has 2 atom stereocenters. The van der Waals surface area contributed by atoms with E-state index >= 15 is 0 Å². The van der Waals surface area contributed by atoms with Gasteiger partial charge in [-0.05, 0) is 17.7 Å². The van der Waals surface area contributed by atoms with Gasteiger partial charge >= 0.3 is 12.0 Å². The number of urea groups is 1. The molecule has 1 aromatic heterocycles. The van der Waals surface area contributed by atoms with Crippen molar-refractivity contribution in [3.05, 3.63) is 82.4 Å². The molecule has 4 amide bonds. The Morgan fingerprint density at radius 1 is 1.20 bits per heavy atom. The van der Waals surface area contributed by atoms with Gasteiger partial charge in [0.25, 0.3) is 5.91 Å². The second-order valence-electron chi connectivity index (χ2n) is 7.58. The highest BCUT2D eigenvalue weighted by Gasteiger charge is 2.50. The highest BCUT2D eigenvalue weighted by molar-refractivity contribution is 7.14. The molecule has 0 saturated carbocycles. The van der Waals surface area contributed by atoms with Crippen molar-refractivity contribution in [2.75, 3.05) is 12.4 Å². The molecule has 0 radical (unpaired) electrons. The number of benzene rings is 2. The number of nitrogens with zero attached hydrogens (tertiary/aromatic N) is 2. The van der Waals surface area contributed by atoms with Crippen LogP contribution in [-0.2, 0) is 20.7 Å². The number of nitrogens with two attached hydrogens (primary N) is 1. The van der Waals surface area contributed by atoms with E-state index in [2.05, 4.69) is 15.0 Å². The number of halogens is 2. The molecule has 2 aromatic carbocycles. The zero-order chi connectivity index (χ0) is 25.1. The summed E-state index contributed by atoms with van der Waals surface area (Å²) in [5.41, 5.74) is 0.480. The van der Waals surface area contributed by atoms with Crippen LogP contribution in [0.1, 0.15) is 27.7 Å². The minimum atomic E-state index is -1.31. The van der Waals surface area contributed by atoms with E-state index in [1.54, 1.807) is 30.3 Å². The lowest BCUT2D eigenvalue weighted by molar-refractivity contribution is -0.579. The summed E-state index contributed by atoms with van der Waals surface area (Å²) >= 11 is 0.965. The van der Waals surface area contributed by atoms with Crippen LogP contribution in [0.15, 0.2) is 53.9 Å². The van der Waals surface area contributed by atoms with E-state index < -0.39 is 47.5 Å². The molecule has 1 aliphatic heterocycles. The van der Waals surface area contributed by atoms with Crippen LogP contribution in [0.2, 0.25) is 0 Å². The summed E-state index contributed by atoms with van der Waals surface area (Å²) in [5, 5.41) is 4.99. The van der Waals surface area contributed by atoms with E-state index in [9.17, 15) is 28.0 Å². The third-order valence-corrected chi connectivity index (χ3v) is 6.12. The lowest BCUT2D eigenvalue weighted by atomic mass is 10.0. The Labute approximate surface area is 201 Å². The Balaban J connectivity index is 1.63. The topological polar surface area (TPSA) is 122 Å². The summed E-state index contributed by atoms with van der Waals surface area (Å²) in [6, 6.07) is 8.03. The number of amides is 4. The van der Waals surface area contributed by atoms with Crippen molar-refractivity contribution in [3.63, 3.8) is 0 Å². The normalized spacial score (nSPS) is 16.3. The van der Waals surface area contributed by atoms with E-state index in [-0.39, 0.29) is 22.8 Å². The molecule has 9 nitrogen and oxygen atoms in total. The predicted octanol–water partition coefficient (Wildman–Crippen LogP) is 2.02. The van der Waals surface area contributed by atoms with E-state index in [0.29, 0.717) is 11.6 Å². The average Bonchev–Trinajstić information content (AvgIpc) is 3.42. The minimum absolute atomic E-state index is 0.0130. The Morgan fingerprint density at radius 3 is 2.63 bits per heavy atom. The molecule has 0 spiro atoms. The van der Waals surface area contributed by atoms with Crippen molar-refractivity contribution in [2.45, 2.75) is 18.5 Å². The van der Waals surface area contributed by atoms with Crippen LogP contribution in [0.5, 0.6) is 0 Å². The van der Waals surface area contributed by atoms with Crippen molar-refractivity contribution >= 4 is 40.3 Å². The largest absolute Gasteiger partial charge is 0.464 e. The maximum Gasteiger partial charge on any atom is 0.424 e. The van der Waals surface area contributed by atoms with Gasteiger partial charge in [-0.25, -0.2) is 33.6 Å². The quantitative estimate of drug-likeness (QED) is 0.377. The number of thiazole rings is 1. The molecule has 35 heavy (non-hydrogen) atoms. The number of rotatable bonds is 7. The van der Waals surface area contributed by atoms with Gasteiger partial charge in [0.05, 0.1) is 12.7 Å². The molecule has 3 aromatic rings. The number of primary amides is 1. The minimum Gasteiger partial charge on any atom is -0.464 e. The highest BCUT2D eigenvalue weighted by Crippen LogP contribution is 2.24. The molecule has 1 saturated heterocycles. The maximum absolute atomic E-state index is 14.4. The molecular formula is C23H19F2N4O5S+. The first-order valence-corrected chi connectivity index (χ1v) is 11.2. The molecule has 180 valence electrons. The van der Waals surface area contributed by atoms with Crippen LogP contribution in [0, 0.1) is 11.6 Å². The first-order valence-electron chi connectivity index (χ1n) is 10.3. The van der Waals surface area contributed by atoms with Gasteiger partial charge in [-0.15, -0.1) is 11.3 Å². The lowest BCUT2D eigenvalue weighted by Crippen LogP contribution is -2.87. The summed E-state index contributed by atoms with van der Waals surface area (Å²) in [5.74, 6) is -4.03. The summed E-state index contributed by atoms with van der Waals surface area (Å²) in [4.78, 5) is 55.8. The van der Waals surface area contributed by atoms with Crippen molar-refractivity contribution in [2.24, 2.45) is 0 Å². The number of methoxy groups -OCH3 is 1. The molecule has 0 aliphatic carbocycles. The Hall–Kier alpha value is -4.03. The fourth-order valence-electron chi connectivity index (χ4n) is 3.69. The van der Waals surface area contributed by atoms with Crippen molar-refractivity contribution in [1.82, 2.24) is 9.88 Å². The van der Waals surface area contributed by atoms with Gasteiger partial charge in [0, 0.05) is 17.9 Å². The second-order valence-corrected chi connectivity index (χ2v) is 8.44. The first-order chi connectivity index (χ1) is 16.8. The van der Waals surface area contributed by atoms with Crippen molar-refractivity contribution < 1.29 is 38.0 Å². The van der Waals surface area contributed by atoms with Gasteiger partial charge in [0.2, 0.25) is 11.9 Å². The summed E-state index contributed by atoms with van der Waals surface area (Å²) < 4.78 is 32.3. The fourth-order valence-corrected chi connectivity index (χ4v) is 4.38. The lowest BCUT2D eigenvalue weighted by Gasteiger charge is -2.22. The number of anilines is 1. The number of hydrogen-bond donors (Lipinski definition) is 2. The maximum atomic E-state index is 14.4. The smallest absolute Gasteiger partial charge is 0.424 e. The molecule has 1 fully saturated rings. The molecule has 2 heterocycles. The SMILES string of the molecule is COC(=O)c1csc(NC(=O)C(Cc2ccccc2)N2C(=O)[NH2+]C(c3ccc(F)cc3F)C2=O)n1. The van der Waals surface area contributed by atoms with E-state index in [0.717, 1.165) is 33.7 Å². The number of hydrogen-bond acceptors (Lipinski definition) is 7. The Morgan fingerprint density at radius 2 is 1.94 bits per heavy atom. The average molecular weight is 501 g/mol. The zero-order valence-electron chi connectivity index (χ0n) is 18.2. The monoisotopic (exact) mass is 501 g/mol. The van der Waals surface area contributed by atoms with E-state index in [1.165, 1.54) is 12.5 Å². The van der Waals surface area contributed by atoms with Gasteiger partial charge in [-0.1, -0.05) is 30.3 Å². The van der Waals surface area contributed by atoms with Gasteiger partial charge in [-0.2, -0.15) is 0 Å². The standard InChI is InChI=1S/C23H18F2N4O5S/c1-34-21(32)16-11-35-22(26-16)28-19(30)17(9-12-5-3-2-4-6-12)29-20(31)18(27-23(29)33)14-8-7-13(24)10-15(14)25/h2-8,10-11,17-18H,9H2,1H3,(H,27,33)(H,26,28,30)/p+1. The molecule has 1 aliphatic rings. The van der Waals surface area contributed by atoms with Gasteiger partial charge in [0.1, 0.15) is 17.7 Å². The number of aromatic nitrogens is 1. The fraction of sp³-hybridized carbons (Fsp3) is 0.174. The highest BCUT2D eigenvalue weighted by atomic mass is 32.1. The number of ether oxygens (including phenoxy) is 1. The third kappa shape index (κ3) is 5.08. The third-order valence-electron chi connectivity index (χ3n) is 5.36. The van der Waals surface area contributed by atoms with E-state index in [1.807, 2.05) is 0 Å². The zero-order valence-corrected chi connectivity index (χ0v) is 19.1. The second kappa shape index (κ2) is 10.1. The van der Waals surface area contributed by atoms with Crippen LogP contribution in [0.4, 0.5) is 18.7 Å². The first kappa shape index (κ1) is 24.1. The number of carbonyl (C=O) groups is 4. The number of carbonyl (C=O) groups excluding carboxylic acids is 4. The number of quaternary nitrogens is 1. The van der Waals surface area contributed by atoms with E-state index in [4.69, 9.17) is 0 Å². The molecule has 12 heteroatoms. The molecule has 3 N–H and O–H groups in total. The number of esters is 1. The predicted molar refractivity (Wildman–Crippen MR) is 119 cm³/mol. The van der Waals surface area contributed by atoms with Crippen LogP contribution >= 0.6 is 11.3 Å². The van der Waals surface area contributed by atoms with Crippen molar-refractivity contribution in [1.29, 1.82) is 0 Å². The van der Waals surface area contributed by atoms with Gasteiger partial charge in [0.15, 0.2) is 10.8 Å². The Kier molecular flexibility index (Phi) is 6.94. The van der Waals surface area contributed by atoms with Crippen molar-refractivity contribution in [3.8, 4) is 0 Å². The van der Waals surface area contributed by atoms with Crippen LogP contribution < -0.4 is 10.6 Å². The van der Waals surface area contributed by atoms with Crippen LogP contribution in [0.25, 0.3) is 0 Å². The molecular weight excluding hydrogens is 482 g/mol. The van der Waals surface area contributed by atoms with Crippen LogP contribution in [0.3, 0.4) is 0 Å². The molecule has 0 bridgehead atoms. The molecule has 4 rings (SSSR count). The Bertz CT molecular complexity index is 1300. The summed E-state index contributed by atoms with van der Waals surface area (Å²) in [6.07, 6.45) is -0.0220. The summed E-state index contributed by atoms with van der Waals surface area (Å²) in [7, 11) is 1.19. The van der Waals surface area contributed by atoms with Gasteiger partial charge < -0.3 is 10.1 Å². The van der Waals surface area contributed by atoms with Gasteiger partial charge in [-0.3, -0.25) is 9.59 Å². The number of nitrogens with one attached hydrogen (secondary N) is 1. The summed E-state index contributed by atoms with van der Waals surface area (Å²) in [6.45, 7) is 0. The number of imide groups is 1. The van der Waals surface area contributed by atoms with Crippen LogP contribution in [-0.4, -0.2) is 46.9 Å².